The zero-order chi connectivity index (χ0) is 24.9. The first-order valence-corrected chi connectivity index (χ1v) is 11.4. The average molecular weight is 500 g/mol. The first-order chi connectivity index (χ1) is 16.8. The highest BCUT2D eigenvalue weighted by atomic mass is 35.5. The number of rotatable bonds is 5. The van der Waals surface area contributed by atoms with Crippen LogP contribution in [0.25, 0.3) is 11.2 Å². The summed E-state index contributed by atoms with van der Waals surface area (Å²) in [7, 11) is 4.69. The minimum atomic E-state index is -0.606. The van der Waals surface area contributed by atoms with Crippen LogP contribution in [0.2, 0.25) is 5.02 Å². The molecule has 0 radical (unpaired) electrons. The maximum Gasteiger partial charge on any atom is 0.332 e. The maximum atomic E-state index is 14.4. The third kappa shape index (κ3) is 3.65. The second-order valence-corrected chi connectivity index (χ2v) is 8.62. The molecular weight excluding hydrogens is 477 g/mol. The van der Waals surface area contributed by atoms with E-state index in [-0.39, 0.29) is 28.3 Å². The minimum Gasteiger partial charge on any atom is -0.497 e. The molecule has 3 heterocycles. The lowest BCUT2D eigenvalue weighted by molar-refractivity contribution is 0.394. The standard InChI is InChI=1S/C24H23ClFN5O4/c1-28-21-20(22(32)31(24(28)33)13-15-16(25)6-4-7-17(15)26)30-11-5-10-29(23(30)27-21)18-9-8-14(34-2)12-19(18)35-3/h4,6-9,12H,5,10-11,13H2,1-3H3. The fourth-order valence-electron chi connectivity index (χ4n) is 4.48. The molecule has 1 aliphatic rings. The van der Waals surface area contributed by atoms with Crippen LogP contribution in [-0.4, -0.2) is 39.4 Å². The molecule has 0 atom stereocenters. The molecule has 2 aromatic heterocycles. The molecule has 2 aromatic carbocycles. The fourth-order valence-corrected chi connectivity index (χ4v) is 4.70. The molecule has 9 nitrogen and oxygen atoms in total. The largest absolute Gasteiger partial charge is 0.497 e. The molecule has 0 bridgehead atoms. The van der Waals surface area contributed by atoms with Crippen LogP contribution in [0.5, 0.6) is 11.5 Å². The van der Waals surface area contributed by atoms with Gasteiger partial charge in [0.1, 0.15) is 17.3 Å². The molecule has 0 fully saturated rings. The number of methoxy groups -OCH3 is 2. The van der Waals surface area contributed by atoms with Gasteiger partial charge in [0.05, 0.1) is 26.5 Å². The van der Waals surface area contributed by atoms with Crippen LogP contribution in [0, 0.1) is 5.82 Å². The molecular formula is C24H23ClFN5O4. The van der Waals surface area contributed by atoms with E-state index in [9.17, 15) is 14.0 Å². The highest BCUT2D eigenvalue weighted by Gasteiger charge is 2.29. The Hall–Kier alpha value is -3.79. The van der Waals surface area contributed by atoms with Gasteiger partial charge in [-0.05, 0) is 30.7 Å². The van der Waals surface area contributed by atoms with Crippen molar-refractivity contribution in [2.24, 2.45) is 7.05 Å². The van der Waals surface area contributed by atoms with Crippen molar-refractivity contribution in [1.29, 1.82) is 0 Å². The zero-order valence-corrected chi connectivity index (χ0v) is 20.2. The van der Waals surface area contributed by atoms with Crippen molar-refractivity contribution in [3.05, 3.63) is 73.6 Å². The van der Waals surface area contributed by atoms with Crippen molar-refractivity contribution < 1.29 is 13.9 Å². The second kappa shape index (κ2) is 8.77. The van der Waals surface area contributed by atoms with Crippen molar-refractivity contribution in [2.45, 2.75) is 19.5 Å². The number of halogens is 2. The summed E-state index contributed by atoms with van der Waals surface area (Å²) in [5.74, 6) is 1.17. The molecule has 1 aliphatic heterocycles. The number of aromatic nitrogens is 4. The van der Waals surface area contributed by atoms with E-state index in [2.05, 4.69) is 4.98 Å². The van der Waals surface area contributed by atoms with Gasteiger partial charge in [-0.15, -0.1) is 0 Å². The predicted molar refractivity (Wildman–Crippen MR) is 131 cm³/mol. The van der Waals surface area contributed by atoms with E-state index >= 15 is 0 Å². The van der Waals surface area contributed by atoms with Crippen molar-refractivity contribution in [3.8, 4) is 11.5 Å². The van der Waals surface area contributed by atoms with Crippen LogP contribution in [0.3, 0.4) is 0 Å². The predicted octanol–water partition coefficient (Wildman–Crippen LogP) is 3.30. The maximum absolute atomic E-state index is 14.4. The number of hydrogen-bond acceptors (Lipinski definition) is 6. The van der Waals surface area contributed by atoms with Crippen LogP contribution in [0.1, 0.15) is 12.0 Å². The third-order valence-electron chi connectivity index (χ3n) is 6.27. The molecule has 0 saturated heterocycles. The van der Waals surface area contributed by atoms with Gasteiger partial charge >= 0.3 is 5.69 Å². The van der Waals surface area contributed by atoms with E-state index < -0.39 is 17.1 Å². The van der Waals surface area contributed by atoms with E-state index in [4.69, 9.17) is 21.1 Å². The molecule has 0 N–H and O–H groups in total. The number of fused-ring (bicyclic) bond motifs is 3. The smallest absolute Gasteiger partial charge is 0.332 e. The normalized spacial score (nSPS) is 13.2. The van der Waals surface area contributed by atoms with Gasteiger partial charge in [0, 0.05) is 36.8 Å². The number of anilines is 2. The molecule has 5 rings (SSSR count). The van der Waals surface area contributed by atoms with Gasteiger partial charge in [-0.25, -0.2) is 9.18 Å². The van der Waals surface area contributed by atoms with E-state index in [0.29, 0.717) is 30.5 Å². The van der Waals surface area contributed by atoms with E-state index in [1.54, 1.807) is 31.9 Å². The summed E-state index contributed by atoms with van der Waals surface area (Å²) < 4.78 is 29.4. The third-order valence-corrected chi connectivity index (χ3v) is 6.63. The Morgan fingerprint density at radius 3 is 2.63 bits per heavy atom. The molecule has 4 aromatic rings. The van der Waals surface area contributed by atoms with Gasteiger partial charge in [0.25, 0.3) is 5.56 Å². The lowest BCUT2D eigenvalue weighted by atomic mass is 10.2. The Balaban J connectivity index is 1.70. The van der Waals surface area contributed by atoms with Crippen LogP contribution < -0.4 is 25.6 Å². The summed E-state index contributed by atoms with van der Waals surface area (Å²) in [6.07, 6.45) is 0.731. The van der Waals surface area contributed by atoms with Gasteiger partial charge < -0.3 is 18.9 Å². The first-order valence-electron chi connectivity index (χ1n) is 11.0. The lowest BCUT2D eigenvalue weighted by Gasteiger charge is -2.30. The minimum absolute atomic E-state index is 0.0793. The van der Waals surface area contributed by atoms with Crippen molar-refractivity contribution >= 4 is 34.4 Å². The van der Waals surface area contributed by atoms with Crippen molar-refractivity contribution in [3.63, 3.8) is 0 Å². The summed E-state index contributed by atoms with van der Waals surface area (Å²) in [6, 6.07) is 9.70. The van der Waals surface area contributed by atoms with E-state index in [1.165, 1.54) is 22.8 Å². The van der Waals surface area contributed by atoms with Crippen molar-refractivity contribution in [1.82, 2.24) is 18.7 Å². The Morgan fingerprint density at radius 2 is 1.91 bits per heavy atom. The highest BCUT2D eigenvalue weighted by Crippen LogP contribution is 2.38. The number of imidazole rings is 1. The van der Waals surface area contributed by atoms with E-state index in [0.717, 1.165) is 16.7 Å². The molecule has 182 valence electrons. The average Bonchev–Trinajstić information content (AvgIpc) is 3.26. The van der Waals surface area contributed by atoms with Crippen LogP contribution in [0.15, 0.2) is 46.0 Å². The van der Waals surface area contributed by atoms with Gasteiger partial charge in [-0.3, -0.25) is 13.9 Å². The SMILES string of the molecule is COc1ccc(N2CCCn3c2nc2c3c(=O)n(Cc3c(F)cccc3Cl)c(=O)n2C)c(OC)c1. The summed E-state index contributed by atoms with van der Waals surface area (Å²) in [4.78, 5) is 33.3. The molecule has 0 spiro atoms. The number of ether oxygens (including phenoxy) is 2. The molecule has 35 heavy (non-hydrogen) atoms. The molecule has 0 unspecified atom stereocenters. The Morgan fingerprint density at radius 1 is 1.11 bits per heavy atom. The molecule has 0 aliphatic carbocycles. The molecule has 0 amide bonds. The van der Waals surface area contributed by atoms with Gasteiger partial charge in [-0.1, -0.05) is 17.7 Å². The number of nitrogens with zero attached hydrogens (tertiary/aromatic N) is 5. The van der Waals surface area contributed by atoms with Gasteiger partial charge in [-0.2, -0.15) is 4.98 Å². The number of benzene rings is 2. The van der Waals surface area contributed by atoms with Crippen LogP contribution >= 0.6 is 11.6 Å². The van der Waals surface area contributed by atoms with Gasteiger partial charge in [0.2, 0.25) is 5.95 Å². The Bertz CT molecular complexity index is 1550. The highest BCUT2D eigenvalue weighted by molar-refractivity contribution is 6.31. The summed E-state index contributed by atoms with van der Waals surface area (Å²) >= 11 is 6.16. The summed E-state index contributed by atoms with van der Waals surface area (Å²) in [5, 5.41) is 0.145. The van der Waals surface area contributed by atoms with E-state index in [1.807, 2.05) is 17.0 Å². The Labute approximate surface area is 204 Å². The first kappa shape index (κ1) is 23.0. The van der Waals surface area contributed by atoms with Gasteiger partial charge in [0.15, 0.2) is 11.2 Å². The summed E-state index contributed by atoms with van der Waals surface area (Å²) in [5.41, 5.74) is 0.205. The fraction of sp³-hybridized carbons (Fsp3) is 0.292. The Kier molecular flexibility index (Phi) is 5.76. The van der Waals surface area contributed by atoms with Crippen molar-refractivity contribution in [2.75, 3.05) is 25.7 Å². The quantitative estimate of drug-likeness (QED) is 0.419. The summed E-state index contributed by atoms with van der Waals surface area (Å²) in [6.45, 7) is 0.886. The second-order valence-electron chi connectivity index (χ2n) is 8.21. The van der Waals surface area contributed by atoms with Crippen LogP contribution in [-0.2, 0) is 20.1 Å². The lowest BCUT2D eigenvalue weighted by Crippen LogP contribution is -2.40. The van der Waals surface area contributed by atoms with Crippen LogP contribution in [0.4, 0.5) is 16.0 Å². The number of hydrogen-bond donors (Lipinski definition) is 0. The zero-order valence-electron chi connectivity index (χ0n) is 19.4. The number of aryl methyl sites for hydroxylation is 2. The monoisotopic (exact) mass is 499 g/mol. The molecule has 0 saturated carbocycles. The topological polar surface area (TPSA) is 83.5 Å². The molecule has 11 heteroatoms.